The molecule has 0 N–H and O–H groups in total. The Hall–Kier alpha value is -2.25. The summed E-state index contributed by atoms with van der Waals surface area (Å²) in [6.07, 6.45) is 9.41. The van der Waals surface area contributed by atoms with Crippen LogP contribution in [0.1, 0.15) is 80.3 Å². The maximum atomic E-state index is 14.1. The van der Waals surface area contributed by atoms with E-state index in [9.17, 15) is 14.0 Å². The Kier molecular flexibility index (Phi) is 9.93. The molecule has 1 atom stereocenters. The number of benzene rings is 1. The first-order valence-corrected chi connectivity index (χ1v) is 14.6. The van der Waals surface area contributed by atoms with Gasteiger partial charge in [0.2, 0.25) is 11.8 Å². The summed E-state index contributed by atoms with van der Waals surface area (Å²) in [6, 6.07) is 8.77. The predicted octanol–water partition coefficient (Wildman–Crippen LogP) is 5.65. The van der Waals surface area contributed by atoms with Gasteiger partial charge in [0.1, 0.15) is 5.82 Å². The van der Waals surface area contributed by atoms with E-state index < -0.39 is 0 Å². The number of nitrogens with zero attached hydrogens (tertiary/aromatic N) is 3. The van der Waals surface area contributed by atoms with Gasteiger partial charge in [0.05, 0.1) is 12.6 Å². The molecule has 0 saturated carbocycles. The summed E-state index contributed by atoms with van der Waals surface area (Å²) in [4.78, 5) is 33.5. The van der Waals surface area contributed by atoms with Gasteiger partial charge in [-0.05, 0) is 54.0 Å². The number of hydrogen-bond donors (Lipinski definition) is 0. The highest BCUT2D eigenvalue weighted by Gasteiger charge is 2.32. The molecule has 7 heteroatoms. The van der Waals surface area contributed by atoms with Crippen LogP contribution in [-0.2, 0) is 16.0 Å². The zero-order valence-corrected chi connectivity index (χ0v) is 22.4. The molecule has 4 rings (SSSR count). The fourth-order valence-electron chi connectivity index (χ4n) is 5.51. The van der Waals surface area contributed by atoms with Crippen molar-refractivity contribution < 1.29 is 14.0 Å². The van der Waals surface area contributed by atoms with E-state index in [-0.39, 0.29) is 23.7 Å². The summed E-state index contributed by atoms with van der Waals surface area (Å²) in [5.41, 5.74) is 2.08. The van der Waals surface area contributed by atoms with E-state index in [0.29, 0.717) is 32.6 Å². The molecule has 36 heavy (non-hydrogen) atoms. The normalized spacial score (nSPS) is 18.7. The van der Waals surface area contributed by atoms with Crippen LogP contribution in [0.4, 0.5) is 4.39 Å². The lowest BCUT2D eigenvalue weighted by Gasteiger charge is -2.37. The number of halogens is 1. The molecule has 1 aromatic carbocycles. The molecular formula is C29H40FN3O2S. The van der Waals surface area contributed by atoms with E-state index in [2.05, 4.69) is 23.3 Å². The highest BCUT2D eigenvalue weighted by molar-refractivity contribution is 7.10. The van der Waals surface area contributed by atoms with Gasteiger partial charge in [0.25, 0.3) is 0 Å². The monoisotopic (exact) mass is 513 g/mol. The topological polar surface area (TPSA) is 43.9 Å². The van der Waals surface area contributed by atoms with Crippen LogP contribution in [-0.4, -0.2) is 65.8 Å². The summed E-state index contributed by atoms with van der Waals surface area (Å²) < 4.78 is 14.1. The van der Waals surface area contributed by atoms with Gasteiger partial charge in [-0.25, -0.2) is 4.39 Å². The number of amides is 2. The van der Waals surface area contributed by atoms with Crippen LogP contribution in [0.3, 0.4) is 0 Å². The second-order valence-electron chi connectivity index (χ2n) is 10.1. The fraction of sp³-hybridized carbons (Fsp3) is 0.586. The lowest BCUT2D eigenvalue weighted by Crippen LogP contribution is -2.45. The molecule has 0 radical (unpaired) electrons. The summed E-state index contributed by atoms with van der Waals surface area (Å²) in [5.74, 6) is 0.0756. The van der Waals surface area contributed by atoms with Gasteiger partial charge in [0.15, 0.2) is 0 Å². The fourth-order valence-corrected chi connectivity index (χ4v) is 6.41. The van der Waals surface area contributed by atoms with Gasteiger partial charge >= 0.3 is 0 Å². The Labute approximate surface area is 219 Å². The van der Waals surface area contributed by atoms with Crippen molar-refractivity contribution in [2.24, 2.45) is 0 Å². The van der Waals surface area contributed by atoms with Crippen molar-refractivity contribution in [1.29, 1.82) is 0 Å². The van der Waals surface area contributed by atoms with Gasteiger partial charge in [-0.15, -0.1) is 11.3 Å². The van der Waals surface area contributed by atoms with Crippen molar-refractivity contribution in [1.82, 2.24) is 14.7 Å². The first-order chi connectivity index (χ1) is 17.6. The molecule has 0 bridgehead atoms. The highest BCUT2D eigenvalue weighted by atomic mass is 32.1. The smallest absolute Gasteiger partial charge is 0.236 e. The molecule has 2 aliphatic heterocycles. The van der Waals surface area contributed by atoms with E-state index in [1.807, 2.05) is 15.9 Å². The minimum Gasteiger partial charge on any atom is -0.341 e. The molecule has 1 unspecified atom stereocenters. The largest absolute Gasteiger partial charge is 0.341 e. The standard InChI is InChI=1S/C29H40FN3O2S/c1-2-3-4-5-6-7-12-27(34)31-15-9-16-32(19-18-31)28(35)22-33-17-13-26-25(14-20-36-26)29(33)23-10-8-11-24(30)21-23/h8,10-11,14,20-21,29H,2-7,9,12-13,15-19,22H2,1H3. The zero-order chi connectivity index (χ0) is 25.3. The molecule has 5 nitrogen and oxygen atoms in total. The van der Waals surface area contributed by atoms with E-state index in [1.54, 1.807) is 23.5 Å². The second-order valence-corrected chi connectivity index (χ2v) is 11.1. The molecule has 0 aliphatic carbocycles. The Morgan fingerprint density at radius 2 is 1.69 bits per heavy atom. The average molecular weight is 514 g/mol. The van der Waals surface area contributed by atoms with Crippen LogP contribution in [0, 0.1) is 5.82 Å². The molecule has 0 spiro atoms. The molecule has 3 heterocycles. The lowest BCUT2D eigenvalue weighted by molar-refractivity contribution is -0.134. The highest BCUT2D eigenvalue weighted by Crippen LogP contribution is 2.37. The number of carbonyl (C=O) groups excluding carboxylic acids is 2. The van der Waals surface area contributed by atoms with Gasteiger partial charge in [-0.2, -0.15) is 0 Å². The van der Waals surface area contributed by atoms with Crippen LogP contribution in [0.5, 0.6) is 0 Å². The number of thiophene rings is 1. The number of rotatable bonds is 10. The van der Waals surface area contributed by atoms with Gasteiger partial charge in [0, 0.05) is 44.0 Å². The Balaban J connectivity index is 1.32. The third-order valence-electron chi connectivity index (χ3n) is 7.51. The van der Waals surface area contributed by atoms with Crippen LogP contribution < -0.4 is 0 Å². The number of carbonyl (C=O) groups is 2. The maximum absolute atomic E-state index is 14.1. The van der Waals surface area contributed by atoms with E-state index >= 15 is 0 Å². The third-order valence-corrected chi connectivity index (χ3v) is 8.51. The van der Waals surface area contributed by atoms with E-state index in [1.165, 1.54) is 42.2 Å². The van der Waals surface area contributed by atoms with Gasteiger partial charge in [-0.1, -0.05) is 51.2 Å². The van der Waals surface area contributed by atoms with Gasteiger partial charge in [-0.3, -0.25) is 14.5 Å². The van der Waals surface area contributed by atoms with Crippen LogP contribution in [0.25, 0.3) is 0 Å². The predicted molar refractivity (Wildman–Crippen MR) is 144 cm³/mol. The molecule has 2 aromatic rings. The van der Waals surface area contributed by atoms with Crippen molar-refractivity contribution in [3.63, 3.8) is 0 Å². The van der Waals surface area contributed by atoms with Crippen molar-refractivity contribution in [2.45, 2.75) is 70.8 Å². The van der Waals surface area contributed by atoms with Crippen molar-refractivity contribution in [3.8, 4) is 0 Å². The Bertz CT molecular complexity index is 1010. The maximum Gasteiger partial charge on any atom is 0.236 e. The number of unbranched alkanes of at least 4 members (excludes halogenated alkanes) is 5. The molecule has 2 amide bonds. The molecule has 196 valence electrons. The Morgan fingerprint density at radius 3 is 2.47 bits per heavy atom. The van der Waals surface area contributed by atoms with E-state index in [4.69, 9.17) is 0 Å². The first kappa shape index (κ1) is 26.8. The second kappa shape index (κ2) is 13.3. The van der Waals surface area contributed by atoms with Crippen LogP contribution in [0.15, 0.2) is 35.7 Å². The molecular weight excluding hydrogens is 473 g/mol. The third kappa shape index (κ3) is 6.94. The minimum atomic E-state index is -0.251. The average Bonchev–Trinajstić information content (AvgIpc) is 3.21. The Morgan fingerprint density at radius 1 is 0.944 bits per heavy atom. The molecule has 1 aromatic heterocycles. The van der Waals surface area contributed by atoms with E-state index in [0.717, 1.165) is 44.3 Å². The van der Waals surface area contributed by atoms with Crippen molar-refractivity contribution >= 4 is 23.2 Å². The minimum absolute atomic E-state index is 0.0975. The quantitative estimate of drug-likeness (QED) is 0.386. The van der Waals surface area contributed by atoms with Crippen molar-refractivity contribution in [2.75, 3.05) is 39.3 Å². The lowest BCUT2D eigenvalue weighted by atomic mass is 9.93. The number of fused-ring (bicyclic) bond motifs is 1. The van der Waals surface area contributed by atoms with Crippen LogP contribution >= 0.6 is 11.3 Å². The molecule has 1 saturated heterocycles. The van der Waals surface area contributed by atoms with Crippen molar-refractivity contribution in [3.05, 3.63) is 57.5 Å². The number of hydrogen-bond acceptors (Lipinski definition) is 4. The van der Waals surface area contributed by atoms with Gasteiger partial charge < -0.3 is 9.80 Å². The summed E-state index contributed by atoms with van der Waals surface area (Å²) >= 11 is 1.74. The summed E-state index contributed by atoms with van der Waals surface area (Å²) in [6.45, 7) is 5.91. The first-order valence-electron chi connectivity index (χ1n) is 13.7. The summed E-state index contributed by atoms with van der Waals surface area (Å²) in [5, 5.41) is 2.09. The van der Waals surface area contributed by atoms with Crippen LogP contribution in [0.2, 0.25) is 0 Å². The zero-order valence-electron chi connectivity index (χ0n) is 21.6. The SMILES string of the molecule is CCCCCCCCC(=O)N1CCCN(C(=O)CN2CCc3sccc3C2c2cccc(F)c2)CC1. The molecule has 2 aliphatic rings. The summed E-state index contributed by atoms with van der Waals surface area (Å²) in [7, 11) is 0. The molecule has 1 fully saturated rings.